The fraction of sp³-hybridized carbons (Fsp3) is 0.300. The summed E-state index contributed by atoms with van der Waals surface area (Å²) < 4.78 is 10.9. The smallest absolute Gasteiger partial charge is 0.244 e. The molecule has 0 heterocycles. The summed E-state index contributed by atoms with van der Waals surface area (Å²) in [6, 6.07) is 15.0. The summed E-state index contributed by atoms with van der Waals surface area (Å²) in [5, 5.41) is 4.03. The zero-order valence-electron chi connectivity index (χ0n) is 14.9. The number of hydrazone groups is 1. The number of carbonyl (C=O) groups is 1. The highest BCUT2D eigenvalue weighted by molar-refractivity contribution is 5.85. The largest absolute Gasteiger partial charge is 0.497 e. The van der Waals surface area contributed by atoms with Crippen molar-refractivity contribution in [3.8, 4) is 11.5 Å². The molecule has 1 N–H and O–H groups in total. The number of nitrogens with zero attached hydrogens (tertiary/aromatic N) is 1. The van der Waals surface area contributed by atoms with Crippen LogP contribution < -0.4 is 14.9 Å². The highest BCUT2D eigenvalue weighted by Crippen LogP contribution is 2.16. The van der Waals surface area contributed by atoms with E-state index in [0.29, 0.717) is 12.5 Å². The zero-order valence-corrected chi connectivity index (χ0v) is 14.9. The minimum atomic E-state index is -0.179. The fourth-order valence-electron chi connectivity index (χ4n) is 2.12. The summed E-state index contributed by atoms with van der Waals surface area (Å²) in [6.07, 6.45) is 1.86. The lowest BCUT2D eigenvalue weighted by atomic mass is 10.1. The van der Waals surface area contributed by atoms with E-state index in [1.165, 1.54) is 0 Å². The van der Waals surface area contributed by atoms with Crippen LogP contribution in [0.5, 0.6) is 11.5 Å². The van der Waals surface area contributed by atoms with E-state index in [0.717, 1.165) is 22.6 Å². The van der Waals surface area contributed by atoms with Crippen molar-refractivity contribution in [2.24, 2.45) is 11.0 Å². The molecule has 5 heteroatoms. The first-order valence-corrected chi connectivity index (χ1v) is 8.25. The number of ether oxygens (including phenoxy) is 2. The SMILES string of the molecule is COc1ccc(CC(=O)N/N=C\c2ccccc2OCC(C)C)cc1. The normalized spacial score (nSPS) is 10.9. The Morgan fingerprint density at radius 3 is 2.56 bits per heavy atom. The van der Waals surface area contributed by atoms with Crippen molar-refractivity contribution in [3.63, 3.8) is 0 Å². The number of amides is 1. The molecule has 0 saturated carbocycles. The molecule has 2 aromatic carbocycles. The molecule has 2 rings (SSSR count). The van der Waals surface area contributed by atoms with Gasteiger partial charge in [0.15, 0.2) is 0 Å². The molecule has 0 aliphatic heterocycles. The lowest BCUT2D eigenvalue weighted by Gasteiger charge is -2.10. The Kier molecular flexibility index (Phi) is 7.01. The molecular weight excluding hydrogens is 316 g/mol. The van der Waals surface area contributed by atoms with E-state index in [2.05, 4.69) is 24.4 Å². The number of hydrogen-bond donors (Lipinski definition) is 1. The summed E-state index contributed by atoms with van der Waals surface area (Å²) in [7, 11) is 1.61. The molecule has 0 fully saturated rings. The molecule has 0 saturated heterocycles. The molecule has 0 unspecified atom stereocenters. The van der Waals surface area contributed by atoms with Crippen molar-refractivity contribution in [3.05, 3.63) is 59.7 Å². The predicted molar refractivity (Wildman–Crippen MR) is 99.2 cm³/mol. The maximum atomic E-state index is 12.0. The fourth-order valence-corrected chi connectivity index (χ4v) is 2.12. The number of methoxy groups -OCH3 is 1. The Balaban J connectivity index is 1.90. The second-order valence-electron chi connectivity index (χ2n) is 6.06. The summed E-state index contributed by atoms with van der Waals surface area (Å²) in [4.78, 5) is 12.0. The monoisotopic (exact) mass is 340 g/mol. The van der Waals surface area contributed by atoms with Crippen molar-refractivity contribution in [2.75, 3.05) is 13.7 Å². The van der Waals surface area contributed by atoms with Gasteiger partial charge in [-0.25, -0.2) is 5.43 Å². The van der Waals surface area contributed by atoms with Crippen molar-refractivity contribution in [1.29, 1.82) is 0 Å². The Hall–Kier alpha value is -2.82. The van der Waals surface area contributed by atoms with Crippen molar-refractivity contribution in [1.82, 2.24) is 5.43 Å². The number of hydrogen-bond acceptors (Lipinski definition) is 4. The van der Waals surface area contributed by atoms with Gasteiger partial charge < -0.3 is 9.47 Å². The number of carbonyl (C=O) groups excluding carboxylic acids is 1. The van der Waals surface area contributed by atoms with Crippen LogP contribution in [-0.2, 0) is 11.2 Å². The third-order valence-electron chi connectivity index (χ3n) is 3.41. The Bertz CT molecular complexity index is 709. The van der Waals surface area contributed by atoms with Crippen molar-refractivity contribution in [2.45, 2.75) is 20.3 Å². The first kappa shape index (κ1) is 18.5. The molecule has 0 atom stereocenters. The lowest BCUT2D eigenvalue weighted by Crippen LogP contribution is -2.19. The first-order chi connectivity index (χ1) is 12.1. The molecule has 0 bridgehead atoms. The van der Waals surface area contributed by atoms with Crippen molar-refractivity contribution < 1.29 is 14.3 Å². The van der Waals surface area contributed by atoms with Crippen LogP contribution in [-0.4, -0.2) is 25.8 Å². The van der Waals surface area contributed by atoms with Gasteiger partial charge in [0.25, 0.3) is 0 Å². The van der Waals surface area contributed by atoms with E-state index < -0.39 is 0 Å². The van der Waals surface area contributed by atoms with Crippen LogP contribution >= 0.6 is 0 Å². The highest BCUT2D eigenvalue weighted by atomic mass is 16.5. The standard InChI is InChI=1S/C20H24N2O3/c1-15(2)14-25-19-7-5-4-6-17(19)13-21-22-20(23)12-16-8-10-18(24-3)11-9-16/h4-11,13,15H,12,14H2,1-3H3,(H,22,23)/b21-13-. The summed E-state index contributed by atoms with van der Waals surface area (Å²) in [5.41, 5.74) is 4.27. The van der Waals surface area contributed by atoms with Crippen LogP contribution in [0.2, 0.25) is 0 Å². The molecule has 0 aliphatic rings. The highest BCUT2D eigenvalue weighted by Gasteiger charge is 2.04. The predicted octanol–water partition coefficient (Wildman–Crippen LogP) is 3.42. The molecule has 0 aliphatic carbocycles. The molecule has 132 valence electrons. The van der Waals surface area contributed by atoms with Gasteiger partial charge in [0.05, 0.1) is 26.4 Å². The molecular formula is C20H24N2O3. The van der Waals surface area contributed by atoms with Gasteiger partial charge in [0.2, 0.25) is 5.91 Å². The van der Waals surface area contributed by atoms with Crippen LogP contribution in [0, 0.1) is 5.92 Å². The maximum absolute atomic E-state index is 12.0. The minimum absolute atomic E-state index is 0.179. The van der Waals surface area contributed by atoms with Crippen LogP contribution in [0.15, 0.2) is 53.6 Å². The summed E-state index contributed by atoms with van der Waals surface area (Å²) in [6.45, 7) is 4.82. The van der Waals surface area contributed by atoms with Gasteiger partial charge in [-0.2, -0.15) is 5.10 Å². The van der Waals surface area contributed by atoms with E-state index in [1.54, 1.807) is 13.3 Å². The van der Waals surface area contributed by atoms with Crippen LogP contribution in [0.1, 0.15) is 25.0 Å². The van der Waals surface area contributed by atoms with E-state index >= 15 is 0 Å². The van der Waals surface area contributed by atoms with Gasteiger partial charge in [0.1, 0.15) is 11.5 Å². The number of nitrogens with one attached hydrogen (secondary N) is 1. The van der Waals surface area contributed by atoms with Crippen molar-refractivity contribution >= 4 is 12.1 Å². The second kappa shape index (κ2) is 9.47. The first-order valence-electron chi connectivity index (χ1n) is 8.25. The van der Waals surface area contributed by atoms with Gasteiger partial charge in [-0.1, -0.05) is 38.1 Å². The Morgan fingerprint density at radius 2 is 1.88 bits per heavy atom. The average Bonchev–Trinajstić information content (AvgIpc) is 2.61. The molecule has 0 radical (unpaired) electrons. The molecule has 0 spiro atoms. The lowest BCUT2D eigenvalue weighted by molar-refractivity contribution is -0.120. The third kappa shape index (κ3) is 6.30. The van der Waals surface area contributed by atoms with E-state index in [9.17, 15) is 4.79 Å². The van der Waals surface area contributed by atoms with Gasteiger partial charge in [0, 0.05) is 5.56 Å². The number of rotatable bonds is 8. The minimum Gasteiger partial charge on any atom is -0.497 e. The molecule has 25 heavy (non-hydrogen) atoms. The van der Waals surface area contributed by atoms with Gasteiger partial charge in [-0.3, -0.25) is 4.79 Å². The Labute approximate surface area is 148 Å². The van der Waals surface area contributed by atoms with Crippen LogP contribution in [0.25, 0.3) is 0 Å². The van der Waals surface area contributed by atoms with Gasteiger partial charge in [-0.05, 0) is 35.7 Å². The second-order valence-corrected chi connectivity index (χ2v) is 6.06. The molecule has 2 aromatic rings. The Morgan fingerprint density at radius 1 is 1.16 bits per heavy atom. The van der Waals surface area contributed by atoms with Crippen LogP contribution in [0.3, 0.4) is 0 Å². The van der Waals surface area contributed by atoms with E-state index in [4.69, 9.17) is 9.47 Å². The summed E-state index contributed by atoms with van der Waals surface area (Å²) in [5.74, 6) is 1.78. The zero-order chi connectivity index (χ0) is 18.1. The maximum Gasteiger partial charge on any atom is 0.244 e. The molecule has 0 aromatic heterocycles. The number of para-hydroxylation sites is 1. The van der Waals surface area contributed by atoms with Gasteiger partial charge in [-0.15, -0.1) is 0 Å². The van der Waals surface area contributed by atoms with Gasteiger partial charge >= 0.3 is 0 Å². The average molecular weight is 340 g/mol. The topological polar surface area (TPSA) is 59.9 Å². The molecule has 5 nitrogen and oxygen atoms in total. The van der Waals surface area contributed by atoms with E-state index in [1.807, 2.05) is 48.5 Å². The quantitative estimate of drug-likeness (QED) is 0.592. The van der Waals surface area contributed by atoms with E-state index in [-0.39, 0.29) is 12.3 Å². The molecule has 1 amide bonds. The number of benzene rings is 2. The summed E-state index contributed by atoms with van der Waals surface area (Å²) >= 11 is 0. The van der Waals surface area contributed by atoms with Crippen LogP contribution in [0.4, 0.5) is 0 Å². The third-order valence-corrected chi connectivity index (χ3v) is 3.41.